The van der Waals surface area contributed by atoms with E-state index >= 15 is 0 Å². The number of para-hydroxylation sites is 1. The van der Waals surface area contributed by atoms with Crippen LogP contribution in [0.4, 0.5) is 5.69 Å². The minimum absolute atomic E-state index is 0.00249. The van der Waals surface area contributed by atoms with Crippen molar-refractivity contribution in [2.24, 2.45) is 11.8 Å². The molecule has 0 aliphatic carbocycles. The number of benzene rings is 1. The fourth-order valence-electron chi connectivity index (χ4n) is 3.71. The molecule has 1 aliphatic rings. The van der Waals surface area contributed by atoms with E-state index in [-0.39, 0.29) is 11.8 Å². The summed E-state index contributed by atoms with van der Waals surface area (Å²) in [5.41, 5.74) is 2.24. The maximum absolute atomic E-state index is 13.1. The third-order valence-corrected chi connectivity index (χ3v) is 5.82. The van der Waals surface area contributed by atoms with Crippen molar-refractivity contribution in [2.45, 2.75) is 26.0 Å². The predicted octanol–water partition coefficient (Wildman–Crippen LogP) is 4.07. The predicted molar refractivity (Wildman–Crippen MR) is 114 cm³/mol. The van der Waals surface area contributed by atoms with Crippen LogP contribution in [-0.4, -0.2) is 40.5 Å². The number of aromatic nitrogens is 1. The van der Waals surface area contributed by atoms with Crippen molar-refractivity contribution in [1.82, 2.24) is 9.88 Å². The SMILES string of the molecule is CC1CC(C)CN(C(=O)c2ccccc2NC(=O)CSCc2cccnc2)C1. The molecule has 2 amide bonds. The van der Waals surface area contributed by atoms with Crippen molar-refractivity contribution in [3.63, 3.8) is 0 Å². The second-order valence-corrected chi connectivity index (χ2v) is 8.59. The van der Waals surface area contributed by atoms with E-state index in [1.165, 1.54) is 11.8 Å². The van der Waals surface area contributed by atoms with Crippen LogP contribution in [0.15, 0.2) is 48.8 Å². The minimum Gasteiger partial charge on any atom is -0.338 e. The highest BCUT2D eigenvalue weighted by Gasteiger charge is 2.27. The Morgan fingerprint density at radius 1 is 1.14 bits per heavy atom. The molecule has 1 aromatic carbocycles. The van der Waals surface area contributed by atoms with Crippen LogP contribution in [0.25, 0.3) is 0 Å². The van der Waals surface area contributed by atoms with Gasteiger partial charge in [-0.2, -0.15) is 0 Å². The molecule has 0 saturated carbocycles. The molecule has 28 heavy (non-hydrogen) atoms. The number of likely N-dealkylation sites (tertiary alicyclic amines) is 1. The van der Waals surface area contributed by atoms with E-state index in [9.17, 15) is 9.59 Å². The first-order valence-corrected chi connectivity index (χ1v) is 10.8. The number of hydrogen-bond donors (Lipinski definition) is 1. The van der Waals surface area contributed by atoms with Crippen LogP contribution >= 0.6 is 11.8 Å². The molecule has 1 N–H and O–H groups in total. The number of amides is 2. The van der Waals surface area contributed by atoms with E-state index in [1.807, 2.05) is 29.2 Å². The Hall–Kier alpha value is -2.34. The number of nitrogens with one attached hydrogen (secondary N) is 1. The number of nitrogens with zero attached hydrogens (tertiary/aromatic N) is 2. The largest absolute Gasteiger partial charge is 0.338 e. The summed E-state index contributed by atoms with van der Waals surface area (Å²) in [6.07, 6.45) is 4.69. The summed E-state index contributed by atoms with van der Waals surface area (Å²) in [5, 5.41) is 2.92. The van der Waals surface area contributed by atoms with Crippen LogP contribution in [0.3, 0.4) is 0 Å². The molecular formula is C22H27N3O2S. The lowest BCUT2D eigenvalue weighted by molar-refractivity contribution is -0.113. The highest BCUT2D eigenvalue weighted by atomic mass is 32.2. The summed E-state index contributed by atoms with van der Waals surface area (Å²) < 4.78 is 0. The number of pyridine rings is 1. The summed E-state index contributed by atoms with van der Waals surface area (Å²) in [5.74, 6) is 1.95. The molecule has 2 unspecified atom stereocenters. The minimum atomic E-state index is -0.102. The second kappa shape index (κ2) is 9.73. The summed E-state index contributed by atoms with van der Waals surface area (Å²) in [6, 6.07) is 11.2. The maximum Gasteiger partial charge on any atom is 0.255 e. The Balaban J connectivity index is 1.60. The van der Waals surface area contributed by atoms with Crippen LogP contribution in [0.2, 0.25) is 0 Å². The number of thioether (sulfide) groups is 1. The molecule has 5 nitrogen and oxygen atoms in total. The number of piperidine rings is 1. The quantitative estimate of drug-likeness (QED) is 0.798. The van der Waals surface area contributed by atoms with Gasteiger partial charge in [-0.1, -0.05) is 32.0 Å². The maximum atomic E-state index is 13.1. The third-order valence-electron chi connectivity index (χ3n) is 4.81. The highest BCUT2D eigenvalue weighted by Crippen LogP contribution is 2.25. The van der Waals surface area contributed by atoms with Gasteiger partial charge in [0.15, 0.2) is 0 Å². The Morgan fingerprint density at radius 2 is 1.89 bits per heavy atom. The van der Waals surface area contributed by atoms with Gasteiger partial charge in [-0.3, -0.25) is 14.6 Å². The van der Waals surface area contributed by atoms with Crippen molar-refractivity contribution < 1.29 is 9.59 Å². The van der Waals surface area contributed by atoms with Crippen molar-refractivity contribution in [3.05, 3.63) is 59.9 Å². The van der Waals surface area contributed by atoms with Gasteiger partial charge < -0.3 is 10.2 Å². The van der Waals surface area contributed by atoms with Gasteiger partial charge in [0.05, 0.1) is 17.0 Å². The van der Waals surface area contributed by atoms with Gasteiger partial charge in [-0.25, -0.2) is 0 Å². The molecule has 1 aromatic heterocycles. The summed E-state index contributed by atoms with van der Waals surface area (Å²) in [7, 11) is 0. The van der Waals surface area contributed by atoms with Crippen molar-refractivity contribution in [3.8, 4) is 0 Å². The van der Waals surface area contributed by atoms with E-state index in [2.05, 4.69) is 24.1 Å². The zero-order valence-corrected chi connectivity index (χ0v) is 17.2. The van der Waals surface area contributed by atoms with E-state index in [1.54, 1.807) is 24.5 Å². The molecular weight excluding hydrogens is 370 g/mol. The highest BCUT2D eigenvalue weighted by molar-refractivity contribution is 7.99. The molecule has 2 atom stereocenters. The van der Waals surface area contributed by atoms with Gasteiger partial charge in [-0.05, 0) is 42.0 Å². The average molecular weight is 398 g/mol. The molecule has 1 fully saturated rings. The monoisotopic (exact) mass is 397 g/mol. The Morgan fingerprint density at radius 3 is 2.61 bits per heavy atom. The van der Waals surface area contributed by atoms with E-state index < -0.39 is 0 Å². The summed E-state index contributed by atoms with van der Waals surface area (Å²) >= 11 is 1.53. The van der Waals surface area contributed by atoms with E-state index in [4.69, 9.17) is 0 Å². The standard InChI is InChI=1S/C22H27N3O2S/c1-16-10-17(2)13-25(12-16)22(27)19-7-3-4-8-20(19)24-21(26)15-28-14-18-6-5-9-23-11-18/h3-9,11,16-17H,10,12-15H2,1-2H3,(H,24,26). The Bertz CT molecular complexity index is 802. The number of carbonyl (C=O) groups excluding carboxylic acids is 2. The van der Waals surface area contributed by atoms with Gasteiger partial charge in [0, 0.05) is 31.2 Å². The number of rotatable bonds is 6. The van der Waals surface area contributed by atoms with Crippen LogP contribution in [0, 0.1) is 11.8 Å². The number of carbonyl (C=O) groups is 2. The normalized spacial score (nSPS) is 19.3. The van der Waals surface area contributed by atoms with Gasteiger partial charge >= 0.3 is 0 Å². The van der Waals surface area contributed by atoms with Crippen LogP contribution < -0.4 is 5.32 Å². The molecule has 6 heteroatoms. The van der Waals surface area contributed by atoms with Gasteiger partial charge in [-0.15, -0.1) is 11.8 Å². The van der Waals surface area contributed by atoms with E-state index in [0.29, 0.717) is 28.8 Å². The first-order chi connectivity index (χ1) is 13.5. The topological polar surface area (TPSA) is 62.3 Å². The van der Waals surface area contributed by atoms with Crippen LogP contribution in [0.1, 0.15) is 36.2 Å². The molecule has 0 spiro atoms. The summed E-state index contributed by atoms with van der Waals surface area (Å²) in [4.78, 5) is 31.4. The second-order valence-electron chi connectivity index (χ2n) is 7.60. The molecule has 1 saturated heterocycles. The lowest BCUT2D eigenvalue weighted by atomic mass is 9.91. The van der Waals surface area contributed by atoms with Gasteiger partial charge in [0.25, 0.3) is 5.91 Å². The fraction of sp³-hybridized carbons (Fsp3) is 0.409. The zero-order valence-electron chi connectivity index (χ0n) is 16.4. The van der Waals surface area contributed by atoms with Crippen LogP contribution in [-0.2, 0) is 10.5 Å². The van der Waals surface area contributed by atoms with Gasteiger partial charge in [0.1, 0.15) is 0 Å². The smallest absolute Gasteiger partial charge is 0.255 e. The van der Waals surface area contributed by atoms with E-state index in [0.717, 1.165) is 30.8 Å². The molecule has 0 bridgehead atoms. The molecule has 2 heterocycles. The lowest BCUT2D eigenvalue weighted by Gasteiger charge is -2.35. The molecule has 148 valence electrons. The molecule has 2 aromatic rings. The summed E-state index contributed by atoms with van der Waals surface area (Å²) in [6.45, 7) is 5.91. The molecule has 1 aliphatic heterocycles. The first-order valence-electron chi connectivity index (χ1n) is 9.67. The Labute approximate surface area is 170 Å². The first kappa shape index (κ1) is 20.4. The Kier molecular flexibility index (Phi) is 7.09. The average Bonchev–Trinajstić information content (AvgIpc) is 2.68. The lowest BCUT2D eigenvalue weighted by Crippen LogP contribution is -2.42. The molecule has 0 radical (unpaired) electrons. The van der Waals surface area contributed by atoms with Crippen molar-refractivity contribution >= 4 is 29.3 Å². The van der Waals surface area contributed by atoms with Gasteiger partial charge in [0.2, 0.25) is 5.91 Å². The van der Waals surface area contributed by atoms with Crippen molar-refractivity contribution in [2.75, 3.05) is 24.2 Å². The van der Waals surface area contributed by atoms with Crippen LogP contribution in [0.5, 0.6) is 0 Å². The third kappa shape index (κ3) is 5.58. The zero-order chi connectivity index (χ0) is 19.9. The fourth-order valence-corrected chi connectivity index (χ4v) is 4.48. The van der Waals surface area contributed by atoms with Crippen molar-refractivity contribution in [1.29, 1.82) is 0 Å². The number of hydrogen-bond acceptors (Lipinski definition) is 4. The molecule has 3 rings (SSSR count). The number of anilines is 1.